The molecule has 6 nitrogen and oxygen atoms in total. The van der Waals surface area contributed by atoms with Crippen LogP contribution in [-0.4, -0.2) is 15.3 Å². The van der Waals surface area contributed by atoms with Gasteiger partial charge < -0.3 is 18.9 Å². The number of halogens is 1. The zero-order valence-electron chi connectivity index (χ0n) is 13.6. The van der Waals surface area contributed by atoms with Gasteiger partial charge in [-0.2, -0.15) is 0 Å². The third-order valence-corrected chi connectivity index (χ3v) is 4.12. The highest BCUT2D eigenvalue weighted by atomic mass is 79.9. The molecular weight excluding hydrogens is 398 g/mol. The van der Waals surface area contributed by atoms with E-state index in [1.807, 2.05) is 47.1 Å². The Balaban J connectivity index is 1.43. The number of carbonyl (C=O) groups excluding carboxylic acids is 1. The van der Waals surface area contributed by atoms with Gasteiger partial charge in [0.1, 0.15) is 18.0 Å². The minimum atomic E-state index is -0.326. The van der Waals surface area contributed by atoms with Gasteiger partial charge in [-0.25, -0.2) is 4.98 Å². The highest BCUT2D eigenvalue weighted by Crippen LogP contribution is 2.20. The summed E-state index contributed by atoms with van der Waals surface area (Å²) < 4.78 is 13.5. The van der Waals surface area contributed by atoms with Crippen molar-refractivity contribution in [3.05, 3.63) is 83.1 Å². The number of carbonyl (C=O) groups is 1. The lowest BCUT2D eigenvalue weighted by atomic mass is 10.3. The fourth-order valence-corrected chi connectivity index (χ4v) is 2.81. The zero-order valence-corrected chi connectivity index (χ0v) is 15.1. The summed E-state index contributed by atoms with van der Waals surface area (Å²) >= 11 is 3.18. The summed E-state index contributed by atoms with van der Waals surface area (Å²) in [6, 6.07) is 16.3. The molecule has 4 aromatic rings. The number of pyridine rings is 1. The quantitative estimate of drug-likeness (QED) is 0.523. The number of aromatic nitrogens is 2. The van der Waals surface area contributed by atoms with Crippen LogP contribution in [0.15, 0.2) is 76.1 Å². The van der Waals surface area contributed by atoms with Crippen LogP contribution in [0.2, 0.25) is 0 Å². The van der Waals surface area contributed by atoms with E-state index in [-0.39, 0.29) is 11.7 Å². The third-order valence-electron chi connectivity index (χ3n) is 3.69. The number of furan rings is 1. The maximum atomic E-state index is 12.1. The fraction of sp³-hybridized carbons (Fsp3) is 0.0526. The van der Waals surface area contributed by atoms with Gasteiger partial charge in [-0.3, -0.25) is 4.79 Å². The molecule has 26 heavy (non-hydrogen) atoms. The van der Waals surface area contributed by atoms with E-state index in [0.29, 0.717) is 22.7 Å². The predicted molar refractivity (Wildman–Crippen MR) is 100 cm³/mol. The van der Waals surface area contributed by atoms with Crippen LogP contribution in [0.3, 0.4) is 0 Å². The molecule has 0 aliphatic carbocycles. The SMILES string of the molecule is O=C(Nc1cccc(OCc2cn3ccccc3n2)c1)c1ccc(Br)o1. The smallest absolute Gasteiger partial charge is 0.291 e. The average Bonchev–Trinajstić information content (AvgIpc) is 3.26. The molecule has 1 N–H and O–H groups in total. The van der Waals surface area contributed by atoms with E-state index in [9.17, 15) is 4.79 Å². The third kappa shape index (κ3) is 3.62. The van der Waals surface area contributed by atoms with E-state index in [2.05, 4.69) is 26.2 Å². The number of hydrogen-bond donors (Lipinski definition) is 1. The number of amides is 1. The van der Waals surface area contributed by atoms with Gasteiger partial charge in [0.05, 0.1) is 5.69 Å². The monoisotopic (exact) mass is 411 g/mol. The first-order chi connectivity index (χ1) is 12.7. The van der Waals surface area contributed by atoms with E-state index in [1.54, 1.807) is 24.3 Å². The summed E-state index contributed by atoms with van der Waals surface area (Å²) in [5, 5.41) is 2.78. The fourth-order valence-electron chi connectivity index (χ4n) is 2.51. The number of anilines is 1. The Morgan fingerprint density at radius 1 is 1.19 bits per heavy atom. The van der Waals surface area contributed by atoms with E-state index >= 15 is 0 Å². The van der Waals surface area contributed by atoms with Gasteiger partial charge in [-0.05, 0) is 52.3 Å². The molecule has 0 aliphatic heterocycles. The maximum absolute atomic E-state index is 12.1. The zero-order chi connectivity index (χ0) is 17.9. The van der Waals surface area contributed by atoms with Crippen LogP contribution in [0.5, 0.6) is 5.75 Å². The van der Waals surface area contributed by atoms with Crippen molar-refractivity contribution in [3.8, 4) is 5.75 Å². The molecule has 3 aromatic heterocycles. The summed E-state index contributed by atoms with van der Waals surface area (Å²) in [6.07, 6.45) is 3.87. The van der Waals surface area contributed by atoms with Crippen LogP contribution < -0.4 is 10.1 Å². The Kier molecular flexibility index (Phi) is 4.45. The Labute approximate surface area is 157 Å². The predicted octanol–water partition coefficient (Wildman–Crippen LogP) is 4.52. The van der Waals surface area contributed by atoms with Gasteiger partial charge in [-0.1, -0.05) is 12.1 Å². The van der Waals surface area contributed by atoms with Crippen LogP contribution in [-0.2, 0) is 6.61 Å². The molecule has 0 saturated carbocycles. The Bertz CT molecular complexity index is 1040. The second kappa shape index (κ2) is 7.05. The van der Waals surface area contributed by atoms with Crippen LogP contribution in [0.25, 0.3) is 5.65 Å². The minimum absolute atomic E-state index is 0.230. The summed E-state index contributed by atoms with van der Waals surface area (Å²) in [7, 11) is 0. The Morgan fingerprint density at radius 3 is 2.92 bits per heavy atom. The standard InChI is InChI=1S/C19H14BrN3O3/c20-17-8-7-16(26-17)19(24)22-13-4-3-5-15(10-13)25-12-14-11-23-9-2-1-6-18(23)21-14/h1-11H,12H2,(H,22,24). The number of nitrogens with one attached hydrogen (secondary N) is 1. The van der Waals surface area contributed by atoms with Crippen molar-refractivity contribution >= 4 is 33.2 Å². The van der Waals surface area contributed by atoms with Crippen molar-refractivity contribution in [2.75, 3.05) is 5.32 Å². The van der Waals surface area contributed by atoms with Crippen LogP contribution in [0, 0.1) is 0 Å². The number of rotatable bonds is 5. The molecule has 1 aromatic carbocycles. The molecule has 0 fully saturated rings. The van der Waals surface area contributed by atoms with Crippen molar-refractivity contribution < 1.29 is 13.9 Å². The molecule has 1 amide bonds. The maximum Gasteiger partial charge on any atom is 0.291 e. The lowest BCUT2D eigenvalue weighted by Gasteiger charge is -2.07. The normalized spacial score (nSPS) is 10.8. The molecule has 0 saturated heterocycles. The minimum Gasteiger partial charge on any atom is -0.487 e. The molecular formula is C19H14BrN3O3. The largest absolute Gasteiger partial charge is 0.487 e. The van der Waals surface area contributed by atoms with E-state index < -0.39 is 0 Å². The van der Waals surface area contributed by atoms with Crippen molar-refractivity contribution in [1.82, 2.24) is 9.38 Å². The van der Waals surface area contributed by atoms with Gasteiger partial charge >= 0.3 is 0 Å². The number of nitrogens with zero attached hydrogens (tertiary/aromatic N) is 2. The topological polar surface area (TPSA) is 68.8 Å². The highest BCUT2D eigenvalue weighted by molar-refractivity contribution is 9.10. The summed E-state index contributed by atoms with van der Waals surface area (Å²) in [5.74, 6) is 0.543. The molecule has 3 heterocycles. The molecule has 0 atom stereocenters. The first kappa shape index (κ1) is 16.4. The van der Waals surface area contributed by atoms with Gasteiger partial charge in [0, 0.05) is 24.1 Å². The number of benzene rings is 1. The first-order valence-corrected chi connectivity index (χ1v) is 8.69. The number of ether oxygens (including phenoxy) is 1. The van der Waals surface area contributed by atoms with Crippen LogP contribution in [0.1, 0.15) is 16.2 Å². The number of hydrogen-bond acceptors (Lipinski definition) is 4. The molecule has 0 radical (unpaired) electrons. The summed E-state index contributed by atoms with van der Waals surface area (Å²) in [5.41, 5.74) is 2.32. The van der Waals surface area contributed by atoms with Crippen molar-refractivity contribution in [1.29, 1.82) is 0 Å². The number of fused-ring (bicyclic) bond motifs is 1. The summed E-state index contributed by atoms with van der Waals surface area (Å²) in [4.78, 5) is 16.6. The van der Waals surface area contributed by atoms with Crippen LogP contribution in [0.4, 0.5) is 5.69 Å². The second-order valence-electron chi connectivity index (χ2n) is 5.57. The van der Waals surface area contributed by atoms with Gasteiger partial charge in [0.2, 0.25) is 0 Å². The van der Waals surface area contributed by atoms with Gasteiger partial charge in [0.15, 0.2) is 10.4 Å². The molecule has 130 valence electrons. The summed E-state index contributed by atoms with van der Waals surface area (Å²) in [6.45, 7) is 0.338. The second-order valence-corrected chi connectivity index (χ2v) is 6.35. The Morgan fingerprint density at radius 2 is 2.12 bits per heavy atom. The molecule has 4 rings (SSSR count). The van der Waals surface area contributed by atoms with E-state index in [1.165, 1.54) is 0 Å². The molecule has 0 spiro atoms. The lowest BCUT2D eigenvalue weighted by Crippen LogP contribution is -2.10. The average molecular weight is 412 g/mol. The Hall–Kier alpha value is -3.06. The molecule has 0 aliphatic rings. The van der Waals surface area contributed by atoms with E-state index in [4.69, 9.17) is 9.15 Å². The van der Waals surface area contributed by atoms with Crippen LogP contribution >= 0.6 is 15.9 Å². The highest BCUT2D eigenvalue weighted by Gasteiger charge is 2.11. The first-order valence-electron chi connectivity index (χ1n) is 7.89. The molecule has 0 bridgehead atoms. The van der Waals surface area contributed by atoms with Crippen molar-refractivity contribution in [3.63, 3.8) is 0 Å². The van der Waals surface area contributed by atoms with Gasteiger partial charge in [-0.15, -0.1) is 0 Å². The number of imidazole rings is 1. The van der Waals surface area contributed by atoms with Crippen molar-refractivity contribution in [2.45, 2.75) is 6.61 Å². The molecule has 7 heteroatoms. The van der Waals surface area contributed by atoms with E-state index in [0.717, 1.165) is 11.3 Å². The van der Waals surface area contributed by atoms with Gasteiger partial charge in [0.25, 0.3) is 5.91 Å². The van der Waals surface area contributed by atoms with Crippen molar-refractivity contribution in [2.24, 2.45) is 0 Å². The molecule has 0 unspecified atom stereocenters. The lowest BCUT2D eigenvalue weighted by molar-refractivity contribution is 0.0995.